The van der Waals surface area contributed by atoms with Crippen molar-refractivity contribution in [2.24, 2.45) is 5.41 Å². The highest BCUT2D eigenvalue weighted by molar-refractivity contribution is 9.09. The number of aromatic nitrogens is 1. The molecule has 1 fully saturated rings. The molecule has 11 heteroatoms. The van der Waals surface area contributed by atoms with E-state index in [0.717, 1.165) is 72.3 Å². The molecule has 238 valence electrons. The maximum absolute atomic E-state index is 13.8. The van der Waals surface area contributed by atoms with Crippen molar-refractivity contribution in [1.29, 1.82) is 0 Å². The number of benzene rings is 1. The van der Waals surface area contributed by atoms with Crippen LogP contribution in [0.15, 0.2) is 29.8 Å². The number of amides is 3. The van der Waals surface area contributed by atoms with E-state index in [2.05, 4.69) is 31.5 Å². The monoisotopic (exact) mass is 678 g/mol. The summed E-state index contributed by atoms with van der Waals surface area (Å²) >= 11 is 4.98. The summed E-state index contributed by atoms with van der Waals surface area (Å²) in [7, 11) is 0. The number of thiazole rings is 1. The molecule has 1 aliphatic rings. The molecule has 2 aromatic rings. The molecular weight excluding hydrogens is 632 g/mol. The number of aliphatic hydroxyl groups is 1. The van der Waals surface area contributed by atoms with Gasteiger partial charge < -0.3 is 25.4 Å². The summed E-state index contributed by atoms with van der Waals surface area (Å²) in [4.78, 5) is 46.7. The van der Waals surface area contributed by atoms with Gasteiger partial charge in [-0.2, -0.15) is 0 Å². The molecule has 3 unspecified atom stereocenters. The minimum Gasteiger partial charge on any atom is -0.391 e. The molecule has 1 aromatic heterocycles. The Morgan fingerprint density at radius 1 is 1.12 bits per heavy atom. The fourth-order valence-corrected chi connectivity index (χ4v) is 6.16. The summed E-state index contributed by atoms with van der Waals surface area (Å²) in [5, 5.41) is 17.2. The Labute approximate surface area is 268 Å². The van der Waals surface area contributed by atoms with Gasteiger partial charge in [0.25, 0.3) is 0 Å². The lowest BCUT2D eigenvalue weighted by Crippen LogP contribution is -2.57. The zero-order chi connectivity index (χ0) is 31.4. The number of unbranched alkanes of at least 4 members (excludes halogenated alkanes) is 3. The molecule has 0 saturated carbocycles. The molecule has 9 nitrogen and oxygen atoms in total. The third-order valence-electron chi connectivity index (χ3n) is 7.58. The molecule has 1 saturated heterocycles. The minimum atomic E-state index is -0.814. The molecule has 0 radical (unpaired) electrons. The number of rotatable bonds is 16. The second-order valence-corrected chi connectivity index (χ2v) is 13.9. The molecular formula is C32H47BrN4O5S. The molecule has 43 heavy (non-hydrogen) atoms. The van der Waals surface area contributed by atoms with Crippen LogP contribution < -0.4 is 10.6 Å². The van der Waals surface area contributed by atoms with Gasteiger partial charge in [-0.1, -0.05) is 73.8 Å². The first-order valence-corrected chi connectivity index (χ1v) is 17.2. The zero-order valence-electron chi connectivity index (χ0n) is 25.9. The number of ether oxygens (including phenoxy) is 1. The highest BCUT2D eigenvalue weighted by Gasteiger charge is 2.44. The Bertz CT molecular complexity index is 1180. The van der Waals surface area contributed by atoms with Gasteiger partial charge in [-0.3, -0.25) is 14.4 Å². The van der Waals surface area contributed by atoms with E-state index in [1.54, 1.807) is 11.3 Å². The van der Waals surface area contributed by atoms with E-state index < -0.39 is 23.6 Å². The molecule has 3 amide bonds. The van der Waals surface area contributed by atoms with Crippen LogP contribution in [0, 0.1) is 12.3 Å². The summed E-state index contributed by atoms with van der Waals surface area (Å²) in [5.41, 5.74) is 4.24. The predicted octanol–water partition coefficient (Wildman–Crippen LogP) is 4.98. The zero-order valence-corrected chi connectivity index (χ0v) is 28.3. The first-order valence-electron chi connectivity index (χ1n) is 15.2. The summed E-state index contributed by atoms with van der Waals surface area (Å²) in [6, 6.07) is 6.33. The number of β-amino-alcohol motifs (C(OH)–C–C–N with tert-alkyl or cyclic N) is 1. The summed E-state index contributed by atoms with van der Waals surface area (Å²) in [6.07, 6.45) is 4.28. The number of hydrogen-bond acceptors (Lipinski definition) is 7. The second-order valence-electron chi connectivity index (χ2n) is 12.3. The number of nitrogens with one attached hydrogen (secondary N) is 2. The number of likely N-dealkylation sites (tertiary alicyclic amines) is 1. The summed E-state index contributed by atoms with van der Waals surface area (Å²) in [5.74, 6) is -0.843. The van der Waals surface area contributed by atoms with Gasteiger partial charge in [0.2, 0.25) is 17.7 Å². The van der Waals surface area contributed by atoms with Crippen molar-refractivity contribution >= 4 is 45.0 Å². The van der Waals surface area contributed by atoms with Crippen LogP contribution in [0.4, 0.5) is 0 Å². The van der Waals surface area contributed by atoms with Gasteiger partial charge >= 0.3 is 0 Å². The van der Waals surface area contributed by atoms with Crippen molar-refractivity contribution in [3.05, 3.63) is 41.0 Å². The molecule has 3 N–H and O–H groups in total. The number of alkyl halides is 1. The highest BCUT2D eigenvalue weighted by atomic mass is 79.9. The Hall–Kier alpha value is -2.34. The van der Waals surface area contributed by atoms with Crippen LogP contribution in [-0.4, -0.2) is 76.0 Å². The van der Waals surface area contributed by atoms with Crippen molar-refractivity contribution in [2.75, 3.05) is 25.1 Å². The van der Waals surface area contributed by atoms with Gasteiger partial charge in [-0.15, -0.1) is 11.3 Å². The number of carbonyl (C=O) groups is 3. The van der Waals surface area contributed by atoms with Crippen LogP contribution >= 0.6 is 27.3 Å². The van der Waals surface area contributed by atoms with Crippen LogP contribution in [0.2, 0.25) is 0 Å². The van der Waals surface area contributed by atoms with E-state index in [0.29, 0.717) is 13.0 Å². The van der Waals surface area contributed by atoms with E-state index in [1.807, 2.05) is 57.5 Å². The largest absolute Gasteiger partial charge is 0.391 e. The minimum absolute atomic E-state index is 0.0555. The highest BCUT2D eigenvalue weighted by Crippen LogP contribution is 2.28. The van der Waals surface area contributed by atoms with Gasteiger partial charge in [-0.25, -0.2) is 4.98 Å². The quantitative estimate of drug-likeness (QED) is 0.170. The van der Waals surface area contributed by atoms with Crippen molar-refractivity contribution in [3.63, 3.8) is 0 Å². The first kappa shape index (κ1) is 35.1. The molecule has 1 aromatic carbocycles. The third kappa shape index (κ3) is 11.0. The van der Waals surface area contributed by atoms with Gasteiger partial charge in [0.1, 0.15) is 12.1 Å². The van der Waals surface area contributed by atoms with Gasteiger partial charge in [0.15, 0.2) is 0 Å². The van der Waals surface area contributed by atoms with Crippen LogP contribution in [0.3, 0.4) is 0 Å². The van der Waals surface area contributed by atoms with Crippen LogP contribution in [0.1, 0.15) is 77.0 Å². The molecule has 0 bridgehead atoms. The molecule has 1 aliphatic heterocycles. The molecule has 0 spiro atoms. The Morgan fingerprint density at radius 3 is 2.47 bits per heavy atom. The van der Waals surface area contributed by atoms with E-state index in [4.69, 9.17) is 4.74 Å². The Morgan fingerprint density at radius 2 is 1.81 bits per heavy atom. The van der Waals surface area contributed by atoms with Crippen LogP contribution in [0.5, 0.6) is 0 Å². The lowest BCUT2D eigenvalue weighted by Gasteiger charge is -2.35. The molecule has 0 aliphatic carbocycles. The number of hydrogen-bond donors (Lipinski definition) is 3. The van der Waals surface area contributed by atoms with E-state index in [-0.39, 0.29) is 30.7 Å². The van der Waals surface area contributed by atoms with E-state index >= 15 is 0 Å². The Kier molecular flexibility index (Phi) is 14.1. The number of carbonyl (C=O) groups excluding carboxylic acids is 3. The fraction of sp³-hybridized carbons (Fsp3) is 0.625. The standard InChI is InChI=1S/C32H47BrN4O5S/c1-22-28(43-21-35-22)24-13-11-23(12-14-24)19-34-30(40)26-18-25(38)20-37(26)31(41)29(32(2,3)4)36-27(39)10-7-5-6-8-16-42-17-9-15-33/h11-14,21,25-26,29,38H,5-10,15-20H2,1-4H3,(H,34,40)(H,36,39). The first-order chi connectivity index (χ1) is 20.5. The average Bonchev–Trinajstić information content (AvgIpc) is 3.58. The van der Waals surface area contributed by atoms with Gasteiger partial charge in [0, 0.05) is 44.5 Å². The van der Waals surface area contributed by atoms with Crippen LogP contribution in [-0.2, 0) is 25.7 Å². The topological polar surface area (TPSA) is 121 Å². The van der Waals surface area contributed by atoms with Gasteiger partial charge in [0.05, 0.1) is 22.2 Å². The average molecular weight is 680 g/mol. The summed E-state index contributed by atoms with van der Waals surface area (Å²) < 4.78 is 5.56. The number of aryl methyl sites for hydroxylation is 1. The van der Waals surface area contributed by atoms with Crippen molar-refractivity contribution in [2.45, 2.75) is 97.4 Å². The number of aliphatic hydroxyl groups excluding tert-OH is 1. The second kappa shape index (κ2) is 17.2. The smallest absolute Gasteiger partial charge is 0.246 e. The maximum Gasteiger partial charge on any atom is 0.246 e. The van der Waals surface area contributed by atoms with E-state index in [1.165, 1.54) is 4.90 Å². The lowest BCUT2D eigenvalue weighted by molar-refractivity contribution is -0.144. The maximum atomic E-state index is 13.8. The third-order valence-corrected chi connectivity index (χ3v) is 9.11. The fourth-order valence-electron chi connectivity index (χ4n) is 5.12. The summed E-state index contributed by atoms with van der Waals surface area (Å²) in [6.45, 7) is 9.51. The SMILES string of the molecule is Cc1ncsc1-c1ccc(CNC(=O)C2CC(O)CN2C(=O)C(NC(=O)CCCCCCOCCCBr)C(C)(C)C)cc1. The van der Waals surface area contributed by atoms with Crippen molar-refractivity contribution < 1.29 is 24.2 Å². The van der Waals surface area contributed by atoms with Crippen molar-refractivity contribution in [3.8, 4) is 10.4 Å². The Balaban J connectivity index is 1.52. The van der Waals surface area contributed by atoms with Gasteiger partial charge in [-0.05, 0) is 42.7 Å². The predicted molar refractivity (Wildman–Crippen MR) is 174 cm³/mol. The normalized spacial score (nSPS) is 17.6. The molecule has 2 heterocycles. The van der Waals surface area contributed by atoms with Crippen LogP contribution in [0.25, 0.3) is 10.4 Å². The molecule has 3 rings (SSSR count). The lowest BCUT2D eigenvalue weighted by atomic mass is 9.85. The number of halogens is 1. The van der Waals surface area contributed by atoms with E-state index in [9.17, 15) is 19.5 Å². The molecule has 3 atom stereocenters. The number of nitrogens with zero attached hydrogens (tertiary/aromatic N) is 2. The van der Waals surface area contributed by atoms with Crippen molar-refractivity contribution in [1.82, 2.24) is 20.5 Å².